The van der Waals surface area contributed by atoms with Gasteiger partial charge in [-0.3, -0.25) is 0 Å². The van der Waals surface area contributed by atoms with Crippen molar-refractivity contribution < 1.29 is 42.4 Å². The van der Waals surface area contributed by atoms with Crippen molar-refractivity contribution in [1.29, 1.82) is 0 Å². The van der Waals surface area contributed by atoms with Gasteiger partial charge in [0.2, 0.25) is 16.6 Å². The van der Waals surface area contributed by atoms with Gasteiger partial charge in [-0.15, -0.1) is 0 Å². The van der Waals surface area contributed by atoms with E-state index in [2.05, 4.69) is 96.9 Å². The molecule has 1 N–H and O–H groups in total. The molecule has 9 nitrogen and oxygen atoms in total. The molecule has 0 spiro atoms. The molecule has 0 bridgehead atoms. The van der Waals surface area contributed by atoms with Crippen LogP contribution in [0, 0.1) is 5.92 Å². The zero-order valence-corrected chi connectivity index (χ0v) is 37.5. The van der Waals surface area contributed by atoms with Gasteiger partial charge in [0, 0.05) is 5.92 Å². The quantitative estimate of drug-likeness (QED) is 0.218. The first-order valence-corrected chi connectivity index (χ1v) is 23.2. The fourth-order valence-corrected chi connectivity index (χ4v) is 20.3. The van der Waals surface area contributed by atoms with Crippen LogP contribution in [-0.4, -0.2) is 88.6 Å². The SMILES string of the molecule is C.CC1O[C@@H](O[Si](C(C)C)(C(C)C)C(C)C)C2OC(C)(C)O[C@H]2[C@H]1C.CC1O[C@@H](O[Si](C(C)C)(C(C)C)C(C)C)C2OC(C)(C)O[C@H]2[C@H]1O.S. The molecule has 4 fully saturated rings. The van der Waals surface area contributed by atoms with E-state index in [1.54, 1.807) is 0 Å². The number of hydrogen-bond donors (Lipinski definition) is 1. The summed E-state index contributed by atoms with van der Waals surface area (Å²) in [6.45, 7) is 41.2. The summed E-state index contributed by atoms with van der Waals surface area (Å²) in [6, 6.07) is 0. The highest BCUT2D eigenvalue weighted by molar-refractivity contribution is 7.59. The largest absolute Gasteiger partial charge is 0.389 e. The molecule has 0 aliphatic carbocycles. The lowest BCUT2D eigenvalue weighted by atomic mass is 9.92. The minimum Gasteiger partial charge on any atom is -0.389 e. The Balaban J connectivity index is 0.000000481. The van der Waals surface area contributed by atoms with Crippen LogP contribution in [0.15, 0.2) is 0 Å². The smallest absolute Gasteiger partial charge is 0.203 e. The van der Waals surface area contributed by atoms with Gasteiger partial charge in [-0.2, -0.15) is 13.5 Å². The first kappa shape index (κ1) is 48.4. The zero-order chi connectivity index (χ0) is 36.9. The molecule has 4 heterocycles. The molecular formula is C38H80O9SSi2. The highest BCUT2D eigenvalue weighted by Crippen LogP contribution is 2.48. The van der Waals surface area contributed by atoms with E-state index in [4.69, 9.17) is 37.3 Å². The molecule has 12 heteroatoms. The molecule has 4 aliphatic rings. The number of rotatable bonds is 10. The van der Waals surface area contributed by atoms with Gasteiger partial charge in [0.1, 0.15) is 24.4 Å². The lowest BCUT2D eigenvalue weighted by molar-refractivity contribution is -0.246. The van der Waals surface area contributed by atoms with E-state index in [0.29, 0.717) is 39.2 Å². The van der Waals surface area contributed by atoms with Crippen LogP contribution in [0.4, 0.5) is 0 Å². The fourth-order valence-electron chi connectivity index (χ4n) is 9.45. The molecule has 0 amide bonds. The maximum absolute atomic E-state index is 10.4. The molecule has 300 valence electrons. The van der Waals surface area contributed by atoms with Gasteiger partial charge in [-0.05, 0) is 74.8 Å². The Morgan fingerprint density at radius 2 is 0.780 bits per heavy atom. The van der Waals surface area contributed by atoms with E-state index in [0.717, 1.165) is 0 Å². The minimum atomic E-state index is -2.12. The van der Waals surface area contributed by atoms with Gasteiger partial charge in [0.05, 0.1) is 18.3 Å². The number of aliphatic hydroxyl groups excluding tert-OH is 1. The Kier molecular flexibility index (Phi) is 17.4. The maximum Gasteiger partial charge on any atom is 0.203 e. The van der Waals surface area contributed by atoms with E-state index in [9.17, 15) is 5.11 Å². The molecular weight excluding hydrogens is 689 g/mol. The molecule has 4 unspecified atom stereocenters. The van der Waals surface area contributed by atoms with Gasteiger partial charge < -0.3 is 42.4 Å². The number of aliphatic hydroxyl groups is 1. The highest BCUT2D eigenvalue weighted by atomic mass is 32.1. The first-order valence-electron chi connectivity index (χ1n) is 18.9. The average molecular weight is 769 g/mol. The second kappa shape index (κ2) is 17.9. The fraction of sp³-hybridized carbons (Fsp3) is 1.00. The van der Waals surface area contributed by atoms with Gasteiger partial charge in [-0.25, -0.2) is 0 Å². The summed E-state index contributed by atoms with van der Waals surface area (Å²) in [5.41, 5.74) is 2.92. The Labute approximate surface area is 316 Å². The molecule has 4 rings (SSSR count). The van der Waals surface area contributed by atoms with E-state index in [1.165, 1.54) is 0 Å². The normalized spacial score (nSPS) is 35.2. The topological polar surface area (TPSA) is 94.1 Å². The van der Waals surface area contributed by atoms with Gasteiger partial charge in [-0.1, -0.05) is 97.4 Å². The lowest BCUT2D eigenvalue weighted by Crippen LogP contribution is -2.60. The van der Waals surface area contributed by atoms with Crippen molar-refractivity contribution in [3.05, 3.63) is 0 Å². The third-order valence-electron chi connectivity index (χ3n) is 11.7. The molecule has 4 saturated heterocycles. The summed E-state index contributed by atoms with van der Waals surface area (Å²) in [7, 11) is -4.15. The Morgan fingerprint density at radius 1 is 0.500 bits per heavy atom. The van der Waals surface area contributed by atoms with Gasteiger partial charge in [0.15, 0.2) is 24.2 Å². The third kappa shape index (κ3) is 9.62. The van der Waals surface area contributed by atoms with Crippen molar-refractivity contribution >= 4 is 30.1 Å². The van der Waals surface area contributed by atoms with E-state index >= 15 is 0 Å². The van der Waals surface area contributed by atoms with Gasteiger partial charge in [0.25, 0.3) is 0 Å². The van der Waals surface area contributed by atoms with Crippen LogP contribution >= 0.6 is 13.5 Å². The molecule has 10 atom stereocenters. The number of ether oxygens (including phenoxy) is 6. The number of hydrogen-bond acceptors (Lipinski definition) is 9. The number of fused-ring (bicyclic) bond motifs is 2. The van der Waals surface area contributed by atoms with Crippen LogP contribution in [0.1, 0.15) is 139 Å². The average Bonchev–Trinajstić information content (AvgIpc) is 3.45. The molecule has 0 saturated carbocycles. The van der Waals surface area contributed by atoms with E-state index < -0.39 is 52.8 Å². The van der Waals surface area contributed by atoms with Crippen molar-refractivity contribution in [2.75, 3.05) is 0 Å². The summed E-state index contributed by atoms with van der Waals surface area (Å²) in [5.74, 6) is -1.01. The van der Waals surface area contributed by atoms with Crippen molar-refractivity contribution in [3.63, 3.8) is 0 Å². The van der Waals surface area contributed by atoms with Crippen LogP contribution in [0.25, 0.3) is 0 Å². The summed E-state index contributed by atoms with van der Waals surface area (Å²) >= 11 is 0. The van der Waals surface area contributed by atoms with Crippen molar-refractivity contribution in [1.82, 2.24) is 0 Å². The molecule has 50 heavy (non-hydrogen) atoms. The molecule has 0 aromatic heterocycles. The van der Waals surface area contributed by atoms with E-state index in [-0.39, 0.29) is 51.6 Å². The van der Waals surface area contributed by atoms with E-state index in [1.807, 2.05) is 34.6 Å². The minimum absolute atomic E-state index is 0. The molecule has 0 radical (unpaired) electrons. The van der Waals surface area contributed by atoms with Crippen LogP contribution < -0.4 is 0 Å². The summed E-state index contributed by atoms with van der Waals surface area (Å²) in [6.07, 6.45) is -2.68. The van der Waals surface area contributed by atoms with Crippen LogP contribution in [0.5, 0.6) is 0 Å². The maximum atomic E-state index is 10.4. The molecule has 0 aromatic carbocycles. The Morgan fingerprint density at radius 3 is 1.12 bits per heavy atom. The highest BCUT2D eigenvalue weighted by Gasteiger charge is 2.59. The Hall–Kier alpha value is 0.424. The van der Waals surface area contributed by atoms with Crippen molar-refractivity contribution in [2.45, 2.75) is 239 Å². The van der Waals surface area contributed by atoms with Crippen molar-refractivity contribution in [2.24, 2.45) is 5.92 Å². The summed E-state index contributed by atoms with van der Waals surface area (Å²) in [4.78, 5) is 0. The molecule has 0 aromatic rings. The third-order valence-corrected chi connectivity index (χ3v) is 23.8. The lowest BCUT2D eigenvalue weighted by Gasteiger charge is -2.48. The Bertz CT molecular complexity index is 916. The summed E-state index contributed by atoms with van der Waals surface area (Å²) in [5, 5.41) is 10.4. The van der Waals surface area contributed by atoms with Crippen LogP contribution in [0.3, 0.4) is 0 Å². The van der Waals surface area contributed by atoms with Crippen LogP contribution in [-0.2, 0) is 37.3 Å². The second-order valence-electron chi connectivity index (χ2n) is 17.8. The predicted octanol–water partition coefficient (Wildman–Crippen LogP) is 9.63. The first-order chi connectivity index (χ1) is 21.8. The monoisotopic (exact) mass is 769 g/mol. The predicted molar refractivity (Wildman–Crippen MR) is 213 cm³/mol. The summed E-state index contributed by atoms with van der Waals surface area (Å²) < 4.78 is 50.5. The van der Waals surface area contributed by atoms with Gasteiger partial charge >= 0.3 is 0 Å². The second-order valence-corrected chi connectivity index (χ2v) is 28.6. The molecule has 4 aliphatic heterocycles. The van der Waals surface area contributed by atoms with Crippen LogP contribution in [0.2, 0.25) is 33.2 Å². The standard InChI is InChI=1S/C19H38O4Si.C18H36O5Si.CH4.H2S/c1-11(2)24(12(3)4,13(5)6)23-18-17-16(14(7)15(8)20-18)21-19(9,10)22-17;1-10(2)24(11(3)4,12(5)6)23-17-16-15(14(19)13(7)20-17)21-18(8,9)22-16;;/h11-18H,1-10H3;10-17,19H,1-9H3;1H4;1H2/t14-,15?,16-,17?,18-;13?,14-,15-,16?,17-;;/m00../s1. The zero-order valence-electron chi connectivity index (χ0n) is 34.5. The van der Waals surface area contributed by atoms with Crippen molar-refractivity contribution in [3.8, 4) is 0 Å².